The van der Waals surface area contributed by atoms with Crippen LogP contribution in [-0.4, -0.2) is 37.2 Å². The van der Waals surface area contributed by atoms with Crippen molar-refractivity contribution >= 4 is 17.9 Å². The van der Waals surface area contributed by atoms with E-state index in [1.165, 1.54) is 51.4 Å². The molecule has 0 bridgehead atoms. The quantitative estimate of drug-likeness (QED) is 0.0262. The van der Waals surface area contributed by atoms with Crippen molar-refractivity contribution in [3.63, 3.8) is 0 Å². The van der Waals surface area contributed by atoms with E-state index in [4.69, 9.17) is 14.2 Å². The molecule has 0 aliphatic carbocycles. The maximum absolute atomic E-state index is 12.8. The molecule has 0 amide bonds. The van der Waals surface area contributed by atoms with Crippen LogP contribution in [0.25, 0.3) is 0 Å². The van der Waals surface area contributed by atoms with Gasteiger partial charge in [-0.25, -0.2) is 0 Å². The van der Waals surface area contributed by atoms with Crippen LogP contribution in [0.2, 0.25) is 0 Å². The van der Waals surface area contributed by atoms with Crippen LogP contribution in [0.15, 0.2) is 146 Å². The Morgan fingerprint density at radius 1 is 0.304 bits per heavy atom. The maximum Gasteiger partial charge on any atom is 0.306 e. The first-order valence-corrected chi connectivity index (χ1v) is 27.3. The number of rotatable bonds is 47. The Hall–Kier alpha value is -4.71. The lowest BCUT2D eigenvalue weighted by Crippen LogP contribution is -2.30. The fraction of sp³-hybridized carbons (Fsp3) is 0.571. The highest BCUT2D eigenvalue weighted by Gasteiger charge is 2.19. The zero-order valence-corrected chi connectivity index (χ0v) is 44.0. The Balaban J connectivity index is 4.63. The van der Waals surface area contributed by atoms with Gasteiger partial charge in [0.15, 0.2) is 6.10 Å². The third-order valence-electron chi connectivity index (χ3n) is 10.8. The van der Waals surface area contributed by atoms with Crippen molar-refractivity contribution in [1.82, 2.24) is 0 Å². The van der Waals surface area contributed by atoms with E-state index in [0.29, 0.717) is 19.3 Å². The second kappa shape index (κ2) is 55.9. The first kappa shape index (κ1) is 64.3. The predicted molar refractivity (Wildman–Crippen MR) is 297 cm³/mol. The van der Waals surface area contributed by atoms with E-state index < -0.39 is 6.10 Å². The number of ether oxygens (including phenoxy) is 3. The number of allylic oxidation sites excluding steroid dienone is 24. The van der Waals surface area contributed by atoms with E-state index >= 15 is 0 Å². The molecule has 0 N–H and O–H groups in total. The Kier molecular flexibility index (Phi) is 52.1. The van der Waals surface area contributed by atoms with Crippen molar-refractivity contribution in [2.75, 3.05) is 13.2 Å². The summed E-state index contributed by atoms with van der Waals surface area (Å²) in [6.45, 7) is 6.33. The molecule has 0 radical (unpaired) electrons. The monoisotopic (exact) mass is 951 g/mol. The van der Waals surface area contributed by atoms with E-state index in [9.17, 15) is 14.4 Å². The zero-order chi connectivity index (χ0) is 50.0. The van der Waals surface area contributed by atoms with Crippen LogP contribution in [-0.2, 0) is 28.6 Å². The van der Waals surface area contributed by atoms with Gasteiger partial charge in [-0.05, 0) is 141 Å². The molecular formula is C63H98O6. The number of hydrogen-bond donors (Lipinski definition) is 0. The van der Waals surface area contributed by atoms with Gasteiger partial charge in [0, 0.05) is 19.3 Å². The number of hydrogen-bond acceptors (Lipinski definition) is 6. The fourth-order valence-electron chi connectivity index (χ4n) is 6.70. The van der Waals surface area contributed by atoms with Crippen LogP contribution in [0.1, 0.15) is 213 Å². The Bertz CT molecular complexity index is 1560. The summed E-state index contributed by atoms with van der Waals surface area (Å²) in [5.41, 5.74) is 0. The average Bonchev–Trinajstić information content (AvgIpc) is 3.35. The molecule has 6 heteroatoms. The molecule has 0 aromatic heterocycles. The fourth-order valence-corrected chi connectivity index (χ4v) is 6.70. The van der Waals surface area contributed by atoms with Crippen LogP contribution >= 0.6 is 0 Å². The van der Waals surface area contributed by atoms with Gasteiger partial charge in [0.1, 0.15) is 13.2 Å². The zero-order valence-electron chi connectivity index (χ0n) is 44.0. The second-order valence-electron chi connectivity index (χ2n) is 17.4. The smallest absolute Gasteiger partial charge is 0.306 e. The van der Waals surface area contributed by atoms with E-state index in [1.807, 2.05) is 0 Å². The molecule has 0 heterocycles. The molecule has 0 aliphatic rings. The molecule has 0 spiro atoms. The van der Waals surface area contributed by atoms with Gasteiger partial charge in [-0.15, -0.1) is 0 Å². The van der Waals surface area contributed by atoms with Crippen molar-refractivity contribution in [2.24, 2.45) is 0 Å². The minimum absolute atomic E-state index is 0.136. The summed E-state index contributed by atoms with van der Waals surface area (Å²) in [6.07, 6.45) is 79.8. The topological polar surface area (TPSA) is 78.9 Å². The maximum atomic E-state index is 12.8. The van der Waals surface area contributed by atoms with Gasteiger partial charge < -0.3 is 14.2 Å². The van der Waals surface area contributed by atoms with Crippen molar-refractivity contribution in [2.45, 2.75) is 219 Å². The van der Waals surface area contributed by atoms with Crippen molar-refractivity contribution < 1.29 is 28.6 Å². The van der Waals surface area contributed by atoms with E-state index in [2.05, 4.69) is 167 Å². The van der Waals surface area contributed by atoms with Gasteiger partial charge in [0.05, 0.1) is 0 Å². The highest BCUT2D eigenvalue weighted by molar-refractivity contribution is 5.71. The average molecular weight is 951 g/mol. The molecule has 0 aliphatic heterocycles. The Morgan fingerprint density at radius 3 is 0.942 bits per heavy atom. The highest BCUT2D eigenvalue weighted by Crippen LogP contribution is 2.10. The molecule has 0 unspecified atom stereocenters. The Labute approximate surface area is 423 Å². The summed E-state index contributed by atoms with van der Waals surface area (Å²) in [4.78, 5) is 38.1. The molecule has 0 saturated carbocycles. The van der Waals surface area contributed by atoms with E-state index in [-0.39, 0.29) is 50.4 Å². The summed E-state index contributed by atoms with van der Waals surface area (Å²) in [5, 5.41) is 0. The summed E-state index contributed by atoms with van der Waals surface area (Å²) >= 11 is 0. The number of carbonyl (C=O) groups is 3. The largest absolute Gasteiger partial charge is 0.462 e. The number of carbonyl (C=O) groups excluding carboxylic acids is 3. The van der Waals surface area contributed by atoms with Gasteiger partial charge in [-0.1, -0.05) is 199 Å². The van der Waals surface area contributed by atoms with Crippen molar-refractivity contribution in [3.8, 4) is 0 Å². The van der Waals surface area contributed by atoms with Crippen LogP contribution in [0, 0.1) is 0 Å². The van der Waals surface area contributed by atoms with Gasteiger partial charge in [0.2, 0.25) is 0 Å². The third-order valence-corrected chi connectivity index (χ3v) is 10.8. The third kappa shape index (κ3) is 54.1. The number of esters is 3. The molecular weight excluding hydrogens is 853 g/mol. The molecule has 386 valence electrons. The summed E-state index contributed by atoms with van der Waals surface area (Å²) in [5.74, 6) is -1.07. The molecule has 0 aromatic carbocycles. The lowest BCUT2D eigenvalue weighted by Gasteiger charge is -2.18. The lowest BCUT2D eigenvalue weighted by atomic mass is 10.1. The van der Waals surface area contributed by atoms with E-state index in [0.717, 1.165) is 103 Å². The van der Waals surface area contributed by atoms with E-state index in [1.54, 1.807) is 0 Å². The van der Waals surface area contributed by atoms with Gasteiger partial charge >= 0.3 is 17.9 Å². The first-order chi connectivity index (χ1) is 34.0. The Morgan fingerprint density at radius 2 is 0.580 bits per heavy atom. The van der Waals surface area contributed by atoms with Crippen LogP contribution in [0.5, 0.6) is 0 Å². The minimum atomic E-state index is -0.841. The molecule has 0 saturated heterocycles. The SMILES string of the molecule is CC/C=C\C/C=C\C/C=C\C/C=C\CCCCC(=O)OC[C@H](COC(=O)CCC/C=C\C/C=C\C/C=C\C/C=C\CCCCC)OC(=O)CCCCC/C=C\C/C=C\C/C=C\C/C=C\CCCCC. The number of unbranched alkanes of at least 4 members (excludes halogenated alkanes) is 12. The standard InChI is InChI=1S/C63H98O6/c1-4-7-10-13-16-19-22-25-28-30-31-33-36-39-42-45-48-51-54-57-63(66)69-60(58-67-61(64)55-52-49-46-43-40-37-34-27-24-21-18-15-12-9-6-3)59-68-62(65)56-53-50-47-44-41-38-35-32-29-26-23-20-17-14-11-8-5-2/h9,12,16-21,25-29,31,33-35,38-40,42-44,47,60H,4-8,10-11,13-15,22-24,30,32,36-37,41,45-46,48-59H2,1-3H3/b12-9-,19-16-,20-17-,21-18-,28-25-,29-26-,33-31-,34-27-,38-35-,42-39-,43-40-,47-44-/t60-/m1/s1. The molecule has 0 rings (SSSR count). The summed E-state index contributed by atoms with van der Waals surface area (Å²) in [7, 11) is 0. The molecule has 0 aromatic rings. The molecule has 69 heavy (non-hydrogen) atoms. The lowest BCUT2D eigenvalue weighted by molar-refractivity contribution is -0.167. The normalized spacial score (nSPS) is 13.3. The van der Waals surface area contributed by atoms with Gasteiger partial charge in [-0.2, -0.15) is 0 Å². The van der Waals surface area contributed by atoms with Gasteiger partial charge in [0.25, 0.3) is 0 Å². The summed E-state index contributed by atoms with van der Waals surface area (Å²) < 4.78 is 16.7. The van der Waals surface area contributed by atoms with Crippen LogP contribution in [0.3, 0.4) is 0 Å². The first-order valence-electron chi connectivity index (χ1n) is 27.3. The summed E-state index contributed by atoms with van der Waals surface area (Å²) in [6, 6.07) is 0. The van der Waals surface area contributed by atoms with Crippen molar-refractivity contribution in [3.05, 3.63) is 146 Å². The second-order valence-corrected chi connectivity index (χ2v) is 17.4. The van der Waals surface area contributed by atoms with Crippen LogP contribution < -0.4 is 0 Å². The highest BCUT2D eigenvalue weighted by atomic mass is 16.6. The van der Waals surface area contributed by atoms with Crippen molar-refractivity contribution in [1.29, 1.82) is 0 Å². The molecule has 0 fully saturated rings. The molecule has 6 nitrogen and oxygen atoms in total. The minimum Gasteiger partial charge on any atom is -0.462 e. The predicted octanol–water partition coefficient (Wildman–Crippen LogP) is 18.4. The van der Waals surface area contributed by atoms with Crippen LogP contribution in [0.4, 0.5) is 0 Å². The molecule has 1 atom stereocenters. The van der Waals surface area contributed by atoms with Gasteiger partial charge in [-0.3, -0.25) is 14.4 Å².